The van der Waals surface area contributed by atoms with Gasteiger partial charge in [-0.2, -0.15) is 0 Å². The molecule has 8 nitrogen and oxygen atoms in total. The summed E-state index contributed by atoms with van der Waals surface area (Å²) >= 11 is 0. The second-order valence-corrected chi connectivity index (χ2v) is 6.36. The Morgan fingerprint density at radius 3 is 2.31 bits per heavy atom. The summed E-state index contributed by atoms with van der Waals surface area (Å²) < 4.78 is 5.08. The molecule has 0 saturated carbocycles. The number of benzene rings is 1. The molecule has 0 bridgehead atoms. The number of anilines is 1. The van der Waals surface area contributed by atoms with Gasteiger partial charge >= 0.3 is 12.0 Å². The lowest BCUT2D eigenvalue weighted by atomic mass is 10.2. The molecule has 1 saturated heterocycles. The van der Waals surface area contributed by atoms with Crippen LogP contribution in [0.25, 0.3) is 0 Å². The number of hydrogen-bond donors (Lipinski definition) is 2. The van der Waals surface area contributed by atoms with Crippen molar-refractivity contribution >= 4 is 29.5 Å². The summed E-state index contributed by atoms with van der Waals surface area (Å²) in [5, 5.41) is 4.62. The second kappa shape index (κ2) is 8.46. The third-order valence-corrected chi connectivity index (χ3v) is 3.80. The van der Waals surface area contributed by atoms with Gasteiger partial charge in [-0.15, -0.1) is 0 Å². The summed E-state index contributed by atoms with van der Waals surface area (Å²) in [7, 11) is 0. The van der Waals surface area contributed by atoms with Crippen molar-refractivity contribution in [2.45, 2.75) is 45.8 Å². The van der Waals surface area contributed by atoms with Gasteiger partial charge in [0.2, 0.25) is 5.91 Å². The van der Waals surface area contributed by atoms with Crippen molar-refractivity contribution < 1.29 is 23.9 Å². The number of nitrogens with one attached hydrogen (secondary N) is 2. The maximum atomic E-state index is 12.1. The van der Waals surface area contributed by atoms with E-state index in [0.717, 1.165) is 12.1 Å². The van der Waals surface area contributed by atoms with E-state index in [1.807, 2.05) is 0 Å². The Kier molecular flexibility index (Phi) is 6.32. The normalized spacial score (nSPS) is 14.9. The summed E-state index contributed by atoms with van der Waals surface area (Å²) in [4.78, 5) is 48.9. The van der Waals surface area contributed by atoms with Gasteiger partial charge in [-0.05, 0) is 51.5 Å². The Hall–Kier alpha value is -2.90. The van der Waals surface area contributed by atoms with Crippen LogP contribution in [0.5, 0.6) is 0 Å². The number of esters is 1. The molecule has 1 aliphatic rings. The van der Waals surface area contributed by atoms with Gasteiger partial charge in [-0.3, -0.25) is 14.9 Å². The highest BCUT2D eigenvalue weighted by atomic mass is 16.5. The van der Waals surface area contributed by atoms with Gasteiger partial charge in [-0.1, -0.05) is 0 Å². The topological polar surface area (TPSA) is 105 Å². The minimum absolute atomic E-state index is 0.0605. The average Bonchev–Trinajstić information content (AvgIpc) is 3.00. The van der Waals surface area contributed by atoms with E-state index < -0.39 is 24.0 Å². The molecule has 1 fully saturated rings. The van der Waals surface area contributed by atoms with Gasteiger partial charge in [0.1, 0.15) is 0 Å². The lowest BCUT2D eigenvalue weighted by molar-refractivity contribution is -0.128. The van der Waals surface area contributed by atoms with Crippen LogP contribution >= 0.6 is 0 Å². The number of rotatable bonds is 5. The van der Waals surface area contributed by atoms with E-state index in [1.165, 1.54) is 6.92 Å². The van der Waals surface area contributed by atoms with Crippen molar-refractivity contribution in [1.82, 2.24) is 10.6 Å². The van der Waals surface area contributed by atoms with Gasteiger partial charge in [0.05, 0.1) is 5.56 Å². The maximum absolute atomic E-state index is 12.1. The quantitative estimate of drug-likeness (QED) is 0.775. The monoisotopic (exact) mass is 361 g/mol. The number of carbonyl (C=O) groups excluding carboxylic acids is 4. The molecule has 1 unspecified atom stereocenters. The summed E-state index contributed by atoms with van der Waals surface area (Å²) in [6.07, 6.45) is 0.223. The molecule has 1 atom stereocenters. The van der Waals surface area contributed by atoms with Crippen LogP contribution in [0.4, 0.5) is 10.5 Å². The Morgan fingerprint density at radius 1 is 1.12 bits per heavy atom. The zero-order chi connectivity index (χ0) is 19.3. The van der Waals surface area contributed by atoms with Gasteiger partial charge in [0.25, 0.3) is 5.91 Å². The van der Waals surface area contributed by atoms with Crippen molar-refractivity contribution in [3.05, 3.63) is 29.8 Å². The number of urea groups is 1. The molecule has 0 radical (unpaired) electrons. The zero-order valence-electron chi connectivity index (χ0n) is 15.1. The van der Waals surface area contributed by atoms with E-state index in [4.69, 9.17) is 4.74 Å². The second-order valence-electron chi connectivity index (χ2n) is 6.36. The number of hydrogen-bond acceptors (Lipinski definition) is 5. The first-order valence-electron chi connectivity index (χ1n) is 8.50. The first kappa shape index (κ1) is 19.4. The molecule has 1 aromatic carbocycles. The Bertz CT molecular complexity index is 699. The van der Waals surface area contributed by atoms with Crippen LogP contribution < -0.4 is 15.5 Å². The number of ether oxygens (including phenoxy) is 1. The van der Waals surface area contributed by atoms with Crippen LogP contribution in [-0.4, -0.2) is 42.5 Å². The fourth-order valence-electron chi connectivity index (χ4n) is 2.49. The van der Waals surface area contributed by atoms with E-state index in [0.29, 0.717) is 13.0 Å². The van der Waals surface area contributed by atoms with Gasteiger partial charge in [0, 0.05) is 24.7 Å². The molecule has 1 heterocycles. The highest BCUT2D eigenvalue weighted by Gasteiger charge is 2.23. The molecule has 0 spiro atoms. The fraction of sp³-hybridized carbons (Fsp3) is 0.444. The molecule has 26 heavy (non-hydrogen) atoms. The summed E-state index contributed by atoms with van der Waals surface area (Å²) in [5.41, 5.74) is 0.979. The van der Waals surface area contributed by atoms with Gasteiger partial charge < -0.3 is 15.0 Å². The molecule has 2 N–H and O–H groups in total. The van der Waals surface area contributed by atoms with Crippen molar-refractivity contribution in [3.8, 4) is 0 Å². The number of imide groups is 1. The minimum Gasteiger partial charge on any atom is -0.449 e. The average molecular weight is 361 g/mol. The van der Waals surface area contributed by atoms with E-state index in [9.17, 15) is 19.2 Å². The van der Waals surface area contributed by atoms with E-state index in [2.05, 4.69) is 10.6 Å². The van der Waals surface area contributed by atoms with Crippen LogP contribution in [0, 0.1) is 0 Å². The number of nitrogens with zero attached hydrogens (tertiary/aromatic N) is 1. The third-order valence-electron chi connectivity index (χ3n) is 3.80. The fourth-order valence-corrected chi connectivity index (χ4v) is 2.49. The van der Waals surface area contributed by atoms with Crippen LogP contribution in [-0.2, 0) is 14.3 Å². The molecule has 2 rings (SSSR count). The summed E-state index contributed by atoms with van der Waals surface area (Å²) in [6, 6.07) is 5.65. The Balaban J connectivity index is 1.91. The number of amides is 4. The molecule has 8 heteroatoms. The van der Waals surface area contributed by atoms with E-state index in [1.54, 1.807) is 43.0 Å². The zero-order valence-corrected chi connectivity index (χ0v) is 15.1. The number of carbonyl (C=O) groups is 4. The highest BCUT2D eigenvalue weighted by Crippen LogP contribution is 2.21. The molecule has 1 aromatic rings. The maximum Gasteiger partial charge on any atom is 0.338 e. The van der Waals surface area contributed by atoms with Crippen molar-refractivity contribution in [2.24, 2.45) is 0 Å². The Labute approximate surface area is 151 Å². The molecular weight excluding hydrogens is 338 g/mol. The summed E-state index contributed by atoms with van der Waals surface area (Å²) in [6.45, 7) is 5.56. The molecule has 1 aliphatic heterocycles. The first-order chi connectivity index (χ1) is 12.3. The largest absolute Gasteiger partial charge is 0.449 e. The van der Waals surface area contributed by atoms with Crippen LogP contribution in [0.1, 0.15) is 44.0 Å². The predicted molar refractivity (Wildman–Crippen MR) is 94.7 cm³/mol. The van der Waals surface area contributed by atoms with E-state index >= 15 is 0 Å². The minimum atomic E-state index is -1.12. The Morgan fingerprint density at radius 2 is 1.77 bits per heavy atom. The summed E-state index contributed by atoms with van der Waals surface area (Å²) in [5.74, 6) is -1.34. The molecule has 140 valence electrons. The van der Waals surface area contributed by atoms with Crippen molar-refractivity contribution in [3.63, 3.8) is 0 Å². The van der Waals surface area contributed by atoms with Gasteiger partial charge in [-0.25, -0.2) is 9.59 Å². The standard InChI is InChI=1S/C18H23N3O5/c1-11(2)19-18(25)20-16(23)12(3)26-17(24)13-6-8-14(9-7-13)21-10-4-5-15(21)22/h6-9,11-12H,4-5,10H2,1-3H3,(H2,19,20,23,25). The molecule has 4 amide bonds. The lowest BCUT2D eigenvalue weighted by Crippen LogP contribution is -2.46. The van der Waals surface area contributed by atoms with Crippen molar-refractivity contribution in [2.75, 3.05) is 11.4 Å². The van der Waals surface area contributed by atoms with Crippen LogP contribution in [0.3, 0.4) is 0 Å². The highest BCUT2D eigenvalue weighted by molar-refractivity contribution is 5.99. The SMILES string of the molecule is CC(C)NC(=O)NC(=O)C(C)OC(=O)c1ccc(N2CCCC2=O)cc1. The van der Waals surface area contributed by atoms with Crippen molar-refractivity contribution in [1.29, 1.82) is 0 Å². The predicted octanol–water partition coefficient (Wildman–Crippen LogP) is 1.59. The molecule has 0 aromatic heterocycles. The molecular formula is C18H23N3O5. The van der Waals surface area contributed by atoms with E-state index in [-0.39, 0.29) is 17.5 Å². The smallest absolute Gasteiger partial charge is 0.338 e. The van der Waals surface area contributed by atoms with Gasteiger partial charge in [0.15, 0.2) is 6.10 Å². The molecule has 0 aliphatic carbocycles. The first-order valence-corrected chi connectivity index (χ1v) is 8.50. The van der Waals surface area contributed by atoms with Crippen LogP contribution in [0.15, 0.2) is 24.3 Å². The van der Waals surface area contributed by atoms with Crippen LogP contribution in [0.2, 0.25) is 0 Å². The lowest BCUT2D eigenvalue weighted by Gasteiger charge is -2.16. The third kappa shape index (κ3) is 5.05.